The summed E-state index contributed by atoms with van der Waals surface area (Å²) in [4.78, 5) is 27.5. The van der Waals surface area contributed by atoms with Gasteiger partial charge in [-0.1, -0.05) is 37.3 Å². The average Bonchev–Trinajstić information content (AvgIpc) is 3.26. The summed E-state index contributed by atoms with van der Waals surface area (Å²) >= 11 is 0. The van der Waals surface area contributed by atoms with Crippen molar-refractivity contribution >= 4 is 27.5 Å². The molecule has 1 atom stereocenters. The Morgan fingerprint density at radius 3 is 2.45 bits per heavy atom. The molecule has 33 heavy (non-hydrogen) atoms. The Labute approximate surface area is 194 Å². The molecule has 1 aliphatic rings. The Bertz CT molecular complexity index is 1090. The van der Waals surface area contributed by atoms with Gasteiger partial charge in [-0.15, -0.1) is 0 Å². The first kappa shape index (κ1) is 24.4. The highest BCUT2D eigenvalue weighted by Gasteiger charge is 2.30. The van der Waals surface area contributed by atoms with Crippen molar-refractivity contribution in [2.24, 2.45) is 0 Å². The Balaban J connectivity index is 1.88. The molecule has 3 rings (SSSR count). The SMILES string of the molecule is CCCNC(=O)C(C)N(Cc1ccccc1)C(=O)CN(c1ccc2c(c1)OCO2)S(C)(=O)=O. The van der Waals surface area contributed by atoms with Crippen LogP contribution in [0.2, 0.25) is 0 Å². The minimum absolute atomic E-state index is 0.0475. The predicted molar refractivity (Wildman–Crippen MR) is 125 cm³/mol. The summed E-state index contributed by atoms with van der Waals surface area (Å²) < 4.78 is 36.8. The van der Waals surface area contributed by atoms with E-state index in [2.05, 4.69) is 5.32 Å². The third-order valence-corrected chi connectivity index (χ3v) is 6.38. The molecule has 0 saturated heterocycles. The molecule has 178 valence electrons. The normalized spacial score (nSPS) is 13.3. The molecule has 0 fully saturated rings. The second kappa shape index (κ2) is 10.6. The number of hydrogen-bond acceptors (Lipinski definition) is 6. The number of rotatable bonds is 10. The fraction of sp³-hybridized carbons (Fsp3) is 0.391. The van der Waals surface area contributed by atoms with Crippen LogP contribution >= 0.6 is 0 Å². The Morgan fingerprint density at radius 1 is 1.09 bits per heavy atom. The number of sulfonamides is 1. The number of carbonyl (C=O) groups excluding carboxylic acids is 2. The van der Waals surface area contributed by atoms with Gasteiger partial charge >= 0.3 is 0 Å². The lowest BCUT2D eigenvalue weighted by molar-refractivity contribution is -0.139. The summed E-state index contributed by atoms with van der Waals surface area (Å²) in [7, 11) is -3.81. The number of nitrogens with zero attached hydrogens (tertiary/aromatic N) is 2. The summed E-state index contributed by atoms with van der Waals surface area (Å²) in [6.07, 6.45) is 1.79. The smallest absolute Gasteiger partial charge is 0.244 e. The lowest BCUT2D eigenvalue weighted by atomic mass is 10.1. The van der Waals surface area contributed by atoms with Crippen molar-refractivity contribution in [3.63, 3.8) is 0 Å². The van der Waals surface area contributed by atoms with Crippen molar-refractivity contribution in [1.82, 2.24) is 10.2 Å². The fourth-order valence-corrected chi connectivity index (χ4v) is 4.25. The van der Waals surface area contributed by atoms with Gasteiger partial charge in [0.2, 0.25) is 28.6 Å². The van der Waals surface area contributed by atoms with Gasteiger partial charge in [0.15, 0.2) is 11.5 Å². The molecule has 0 aromatic heterocycles. The molecule has 0 saturated carbocycles. The van der Waals surface area contributed by atoms with Crippen LogP contribution in [0.25, 0.3) is 0 Å². The molecule has 1 unspecified atom stereocenters. The van der Waals surface area contributed by atoms with Crippen molar-refractivity contribution in [1.29, 1.82) is 0 Å². The van der Waals surface area contributed by atoms with Gasteiger partial charge in [-0.2, -0.15) is 0 Å². The van der Waals surface area contributed by atoms with Crippen molar-refractivity contribution in [2.75, 3.05) is 30.4 Å². The number of hydrogen-bond donors (Lipinski definition) is 1. The lowest BCUT2D eigenvalue weighted by Crippen LogP contribution is -2.51. The van der Waals surface area contributed by atoms with Crippen molar-refractivity contribution in [2.45, 2.75) is 32.9 Å². The maximum absolute atomic E-state index is 13.4. The Hall–Kier alpha value is -3.27. The molecule has 1 N–H and O–H groups in total. The number of nitrogens with one attached hydrogen (secondary N) is 1. The first-order chi connectivity index (χ1) is 15.7. The van der Waals surface area contributed by atoms with E-state index in [1.807, 2.05) is 37.3 Å². The van der Waals surface area contributed by atoms with Crippen LogP contribution < -0.4 is 19.1 Å². The van der Waals surface area contributed by atoms with Crippen molar-refractivity contribution < 1.29 is 27.5 Å². The summed E-state index contributed by atoms with van der Waals surface area (Å²) in [5.41, 5.74) is 1.10. The topological polar surface area (TPSA) is 105 Å². The largest absolute Gasteiger partial charge is 0.454 e. The number of amides is 2. The van der Waals surface area contributed by atoms with E-state index in [-0.39, 0.29) is 24.9 Å². The van der Waals surface area contributed by atoms with Crippen LogP contribution in [0.1, 0.15) is 25.8 Å². The van der Waals surface area contributed by atoms with Gasteiger partial charge in [-0.25, -0.2) is 8.42 Å². The molecule has 10 heteroatoms. The van der Waals surface area contributed by atoms with E-state index in [0.29, 0.717) is 18.0 Å². The third kappa shape index (κ3) is 6.16. The van der Waals surface area contributed by atoms with E-state index in [9.17, 15) is 18.0 Å². The van der Waals surface area contributed by atoms with Gasteiger partial charge in [0.25, 0.3) is 0 Å². The van der Waals surface area contributed by atoms with Crippen LogP contribution in [0.3, 0.4) is 0 Å². The number of fused-ring (bicyclic) bond motifs is 1. The fourth-order valence-electron chi connectivity index (χ4n) is 3.41. The minimum atomic E-state index is -3.81. The highest BCUT2D eigenvalue weighted by molar-refractivity contribution is 7.92. The quantitative estimate of drug-likeness (QED) is 0.564. The molecule has 1 heterocycles. The molecule has 2 aromatic rings. The highest BCUT2D eigenvalue weighted by atomic mass is 32.2. The number of carbonyl (C=O) groups is 2. The van der Waals surface area contributed by atoms with Crippen LogP contribution in [0, 0.1) is 0 Å². The highest BCUT2D eigenvalue weighted by Crippen LogP contribution is 2.36. The molecule has 2 aromatic carbocycles. The average molecular weight is 476 g/mol. The minimum Gasteiger partial charge on any atom is -0.454 e. The summed E-state index contributed by atoms with van der Waals surface area (Å²) in [6.45, 7) is 3.81. The van der Waals surface area contributed by atoms with Gasteiger partial charge in [0.05, 0.1) is 11.9 Å². The lowest BCUT2D eigenvalue weighted by Gasteiger charge is -2.31. The van der Waals surface area contributed by atoms with Gasteiger partial charge in [0, 0.05) is 19.2 Å². The maximum Gasteiger partial charge on any atom is 0.244 e. The molecular formula is C23H29N3O6S. The van der Waals surface area contributed by atoms with Crippen molar-refractivity contribution in [3.8, 4) is 11.5 Å². The molecular weight excluding hydrogens is 446 g/mol. The first-order valence-corrected chi connectivity index (χ1v) is 12.5. The van der Waals surface area contributed by atoms with Gasteiger partial charge in [-0.3, -0.25) is 13.9 Å². The van der Waals surface area contributed by atoms with E-state index in [1.54, 1.807) is 19.1 Å². The Morgan fingerprint density at radius 2 is 1.79 bits per heavy atom. The molecule has 0 aliphatic carbocycles. The second-order valence-electron chi connectivity index (χ2n) is 7.78. The van der Waals surface area contributed by atoms with E-state index < -0.39 is 28.5 Å². The zero-order valence-electron chi connectivity index (χ0n) is 19.0. The Kier molecular flexibility index (Phi) is 7.80. The number of anilines is 1. The van der Waals surface area contributed by atoms with E-state index in [4.69, 9.17) is 9.47 Å². The standard InChI is InChI=1S/C23H29N3O6S/c1-4-12-24-23(28)17(2)25(14-18-8-6-5-7-9-18)22(27)15-26(33(3,29)30)19-10-11-20-21(13-19)32-16-31-20/h5-11,13,17H,4,12,14-16H2,1-3H3,(H,24,28). The van der Waals surface area contributed by atoms with E-state index in [0.717, 1.165) is 22.5 Å². The molecule has 0 spiro atoms. The van der Waals surface area contributed by atoms with Crippen LogP contribution in [0.5, 0.6) is 11.5 Å². The first-order valence-electron chi connectivity index (χ1n) is 10.7. The summed E-state index contributed by atoms with van der Waals surface area (Å²) in [5, 5.41) is 2.80. The molecule has 0 radical (unpaired) electrons. The van der Waals surface area contributed by atoms with Gasteiger partial charge in [0.1, 0.15) is 12.6 Å². The third-order valence-electron chi connectivity index (χ3n) is 5.24. The summed E-state index contributed by atoms with van der Waals surface area (Å²) in [5.74, 6) is 0.115. The number of benzene rings is 2. The van der Waals surface area contributed by atoms with Gasteiger partial charge in [-0.05, 0) is 31.0 Å². The van der Waals surface area contributed by atoms with Crippen LogP contribution in [0.4, 0.5) is 5.69 Å². The zero-order chi connectivity index (χ0) is 24.0. The molecule has 2 amide bonds. The van der Waals surface area contributed by atoms with Crippen LogP contribution in [0.15, 0.2) is 48.5 Å². The van der Waals surface area contributed by atoms with Gasteiger partial charge < -0.3 is 19.7 Å². The van der Waals surface area contributed by atoms with Crippen molar-refractivity contribution in [3.05, 3.63) is 54.1 Å². The van der Waals surface area contributed by atoms with Crippen LogP contribution in [-0.2, 0) is 26.2 Å². The zero-order valence-corrected chi connectivity index (χ0v) is 19.8. The summed E-state index contributed by atoms with van der Waals surface area (Å²) in [6, 6.07) is 13.1. The molecule has 9 nitrogen and oxygen atoms in total. The second-order valence-corrected chi connectivity index (χ2v) is 9.69. The predicted octanol–water partition coefficient (Wildman–Crippen LogP) is 2.12. The molecule has 1 aliphatic heterocycles. The maximum atomic E-state index is 13.4. The van der Waals surface area contributed by atoms with Crippen LogP contribution in [-0.4, -0.2) is 57.3 Å². The van der Waals surface area contributed by atoms with E-state index in [1.165, 1.54) is 11.0 Å². The van der Waals surface area contributed by atoms with E-state index >= 15 is 0 Å². The monoisotopic (exact) mass is 475 g/mol. The molecule has 0 bridgehead atoms. The number of ether oxygens (including phenoxy) is 2.